The van der Waals surface area contributed by atoms with Crippen molar-refractivity contribution < 1.29 is 9.84 Å². The lowest BCUT2D eigenvalue weighted by Gasteiger charge is -1.95. The monoisotopic (exact) mass is 113 g/mol. The molecule has 0 saturated heterocycles. The third-order valence-electron chi connectivity index (χ3n) is 0.480. The van der Waals surface area contributed by atoms with Crippen LogP contribution in [-0.4, -0.2) is 11.7 Å². The molecule has 0 aromatic carbocycles. The molecular formula is C5H7NO2. The summed E-state index contributed by atoms with van der Waals surface area (Å²) in [6, 6.07) is 1.62. The van der Waals surface area contributed by atoms with Crippen molar-refractivity contribution in [2.24, 2.45) is 0 Å². The molecule has 0 atom stereocenters. The van der Waals surface area contributed by atoms with Crippen LogP contribution in [0, 0.1) is 11.3 Å². The smallest absolute Gasteiger partial charge is 0.287 e. The van der Waals surface area contributed by atoms with E-state index in [2.05, 4.69) is 4.74 Å². The molecule has 0 aliphatic rings. The zero-order valence-electron chi connectivity index (χ0n) is 4.59. The first-order chi connectivity index (χ1) is 3.81. The van der Waals surface area contributed by atoms with Crippen LogP contribution in [0.1, 0.15) is 6.92 Å². The van der Waals surface area contributed by atoms with Gasteiger partial charge in [-0.2, -0.15) is 5.26 Å². The molecule has 3 nitrogen and oxygen atoms in total. The van der Waals surface area contributed by atoms with E-state index in [0.29, 0.717) is 6.61 Å². The molecule has 0 fully saturated rings. The van der Waals surface area contributed by atoms with E-state index in [1.165, 1.54) is 0 Å². The fraction of sp³-hybridized carbons (Fsp3) is 0.400. The molecule has 0 aliphatic heterocycles. The van der Waals surface area contributed by atoms with Gasteiger partial charge >= 0.3 is 0 Å². The second-order valence-corrected chi connectivity index (χ2v) is 1.04. The lowest BCUT2D eigenvalue weighted by atomic mass is 10.7. The molecule has 0 heterocycles. The SMILES string of the molecule is CCO/C(O)=C\C#N. The summed E-state index contributed by atoms with van der Waals surface area (Å²) in [7, 11) is 0. The number of rotatable bonds is 2. The zero-order valence-corrected chi connectivity index (χ0v) is 4.59. The van der Waals surface area contributed by atoms with Crippen LogP contribution in [0.4, 0.5) is 0 Å². The van der Waals surface area contributed by atoms with Crippen LogP contribution < -0.4 is 0 Å². The largest absolute Gasteiger partial charge is 0.480 e. The summed E-state index contributed by atoms with van der Waals surface area (Å²) in [6.07, 6.45) is 0.934. The third kappa shape index (κ3) is 3.04. The van der Waals surface area contributed by atoms with Crippen molar-refractivity contribution in [2.45, 2.75) is 6.92 Å². The van der Waals surface area contributed by atoms with Crippen LogP contribution in [-0.2, 0) is 4.74 Å². The Balaban J connectivity index is 3.49. The second-order valence-electron chi connectivity index (χ2n) is 1.04. The first-order valence-electron chi connectivity index (χ1n) is 2.22. The molecule has 0 rings (SSSR count). The minimum absolute atomic E-state index is 0.324. The number of nitrogens with zero attached hydrogens (tertiary/aromatic N) is 1. The van der Waals surface area contributed by atoms with Crippen molar-refractivity contribution in [3.8, 4) is 6.07 Å². The Morgan fingerprint density at radius 1 is 2.00 bits per heavy atom. The van der Waals surface area contributed by atoms with Gasteiger partial charge in [-0.1, -0.05) is 0 Å². The number of nitriles is 1. The van der Waals surface area contributed by atoms with Gasteiger partial charge in [0.1, 0.15) is 0 Å². The Kier molecular flexibility index (Phi) is 3.42. The van der Waals surface area contributed by atoms with E-state index in [9.17, 15) is 0 Å². The van der Waals surface area contributed by atoms with Crippen molar-refractivity contribution >= 4 is 0 Å². The Hall–Kier alpha value is -1.17. The summed E-state index contributed by atoms with van der Waals surface area (Å²) >= 11 is 0. The van der Waals surface area contributed by atoms with Crippen LogP contribution in [0.3, 0.4) is 0 Å². The number of aliphatic hydroxyl groups excluding tert-OH is 1. The lowest BCUT2D eigenvalue weighted by Crippen LogP contribution is -1.87. The van der Waals surface area contributed by atoms with Crippen molar-refractivity contribution in [1.29, 1.82) is 5.26 Å². The van der Waals surface area contributed by atoms with Gasteiger partial charge in [0.2, 0.25) is 0 Å². The molecule has 0 unspecified atom stereocenters. The van der Waals surface area contributed by atoms with E-state index in [1.54, 1.807) is 13.0 Å². The molecular weight excluding hydrogens is 106 g/mol. The minimum Gasteiger partial charge on any atom is -0.480 e. The molecule has 0 radical (unpaired) electrons. The summed E-state index contributed by atoms with van der Waals surface area (Å²) in [4.78, 5) is 0. The predicted octanol–water partition coefficient (Wildman–Crippen LogP) is 0.946. The fourth-order valence-electron chi connectivity index (χ4n) is 0.245. The van der Waals surface area contributed by atoms with E-state index in [0.717, 1.165) is 6.08 Å². The number of hydrogen-bond acceptors (Lipinski definition) is 3. The van der Waals surface area contributed by atoms with E-state index < -0.39 is 0 Å². The molecule has 0 amide bonds. The normalized spacial score (nSPS) is 10.2. The van der Waals surface area contributed by atoms with Gasteiger partial charge < -0.3 is 9.84 Å². The topological polar surface area (TPSA) is 53.2 Å². The fourth-order valence-corrected chi connectivity index (χ4v) is 0.245. The summed E-state index contributed by atoms with van der Waals surface area (Å²) in [6.45, 7) is 2.10. The molecule has 3 heteroatoms. The highest BCUT2D eigenvalue weighted by atomic mass is 16.6. The lowest BCUT2D eigenvalue weighted by molar-refractivity contribution is 0.103. The zero-order chi connectivity index (χ0) is 6.41. The Bertz CT molecular complexity index is 123. The number of allylic oxidation sites excluding steroid dienone is 1. The molecule has 1 N–H and O–H groups in total. The maximum atomic E-state index is 8.47. The highest BCUT2D eigenvalue weighted by Crippen LogP contribution is 1.87. The molecule has 0 bridgehead atoms. The third-order valence-corrected chi connectivity index (χ3v) is 0.480. The van der Waals surface area contributed by atoms with E-state index in [4.69, 9.17) is 10.4 Å². The molecule has 0 aromatic heterocycles. The van der Waals surface area contributed by atoms with Crippen LogP contribution >= 0.6 is 0 Å². The Labute approximate surface area is 47.8 Å². The quantitative estimate of drug-likeness (QED) is 0.428. The molecule has 0 saturated carbocycles. The summed E-state index contributed by atoms with van der Waals surface area (Å²) in [5.74, 6) is -0.324. The average Bonchev–Trinajstić information content (AvgIpc) is 1.68. The number of hydrogen-bond donors (Lipinski definition) is 1. The Morgan fingerprint density at radius 2 is 2.62 bits per heavy atom. The van der Waals surface area contributed by atoms with Crippen LogP contribution in [0.5, 0.6) is 0 Å². The summed E-state index contributed by atoms with van der Waals surface area (Å²) in [5, 5.41) is 16.4. The van der Waals surface area contributed by atoms with Gasteiger partial charge in [-0.3, -0.25) is 0 Å². The molecule has 44 valence electrons. The van der Waals surface area contributed by atoms with Gasteiger partial charge in [-0.05, 0) is 6.92 Å². The van der Waals surface area contributed by atoms with E-state index in [1.807, 2.05) is 0 Å². The number of aliphatic hydroxyl groups is 1. The maximum Gasteiger partial charge on any atom is 0.287 e. The first-order valence-corrected chi connectivity index (χ1v) is 2.22. The predicted molar refractivity (Wildman–Crippen MR) is 28.0 cm³/mol. The van der Waals surface area contributed by atoms with Crippen LogP contribution in [0.15, 0.2) is 12.0 Å². The van der Waals surface area contributed by atoms with Gasteiger partial charge in [0, 0.05) is 0 Å². The van der Waals surface area contributed by atoms with Crippen molar-refractivity contribution in [1.82, 2.24) is 0 Å². The van der Waals surface area contributed by atoms with Crippen molar-refractivity contribution in [3.05, 3.63) is 12.0 Å². The van der Waals surface area contributed by atoms with Crippen molar-refractivity contribution in [3.63, 3.8) is 0 Å². The molecule has 0 aromatic rings. The standard InChI is InChI=1S/C5H7NO2/c1-2-8-5(7)3-4-6/h3,7H,2H2,1H3/b5-3-. The summed E-state index contributed by atoms with van der Waals surface area (Å²) in [5.41, 5.74) is 0. The van der Waals surface area contributed by atoms with E-state index >= 15 is 0 Å². The number of ether oxygens (including phenoxy) is 1. The summed E-state index contributed by atoms with van der Waals surface area (Å²) < 4.78 is 4.48. The average molecular weight is 113 g/mol. The van der Waals surface area contributed by atoms with Crippen LogP contribution in [0.2, 0.25) is 0 Å². The van der Waals surface area contributed by atoms with Crippen LogP contribution in [0.25, 0.3) is 0 Å². The van der Waals surface area contributed by atoms with E-state index in [-0.39, 0.29) is 5.95 Å². The Morgan fingerprint density at radius 3 is 3.00 bits per heavy atom. The highest BCUT2D eigenvalue weighted by molar-refractivity contribution is 5.01. The molecule has 0 aliphatic carbocycles. The molecule has 8 heavy (non-hydrogen) atoms. The van der Waals surface area contributed by atoms with Crippen molar-refractivity contribution in [2.75, 3.05) is 6.61 Å². The van der Waals surface area contributed by atoms with Gasteiger partial charge in [-0.15, -0.1) is 0 Å². The maximum absolute atomic E-state index is 8.47. The van der Waals surface area contributed by atoms with Gasteiger partial charge in [-0.25, -0.2) is 0 Å². The van der Waals surface area contributed by atoms with Gasteiger partial charge in [0.25, 0.3) is 5.95 Å². The highest BCUT2D eigenvalue weighted by Gasteiger charge is 1.84. The van der Waals surface area contributed by atoms with Gasteiger partial charge in [0.15, 0.2) is 0 Å². The minimum atomic E-state index is -0.324. The molecule has 0 spiro atoms. The van der Waals surface area contributed by atoms with Gasteiger partial charge in [0.05, 0.1) is 18.8 Å². The first kappa shape index (κ1) is 6.83. The second kappa shape index (κ2) is 4.00.